The number of benzene rings is 1. The largest absolute Gasteiger partial charge is 0.490 e. The Morgan fingerprint density at radius 2 is 2.14 bits per heavy atom. The Morgan fingerprint density at radius 1 is 1.43 bits per heavy atom. The van der Waals surface area contributed by atoms with Crippen molar-refractivity contribution >= 4 is 6.29 Å². The van der Waals surface area contributed by atoms with E-state index in [0.717, 1.165) is 6.07 Å². The second-order valence-corrected chi connectivity index (χ2v) is 2.65. The summed E-state index contributed by atoms with van der Waals surface area (Å²) in [5.41, 5.74) is 0.362. The first-order valence-electron chi connectivity index (χ1n) is 4.24. The van der Waals surface area contributed by atoms with E-state index in [1.54, 1.807) is 6.92 Å². The van der Waals surface area contributed by atoms with Crippen molar-refractivity contribution in [2.24, 2.45) is 0 Å². The summed E-state index contributed by atoms with van der Waals surface area (Å²) in [5, 5.41) is 0. The van der Waals surface area contributed by atoms with Crippen molar-refractivity contribution < 1.29 is 18.3 Å². The predicted octanol–water partition coefficient (Wildman–Crippen LogP) is 2.10. The van der Waals surface area contributed by atoms with Gasteiger partial charge in [-0.25, -0.2) is 4.39 Å². The third-order valence-corrected chi connectivity index (χ3v) is 1.72. The highest BCUT2D eigenvalue weighted by atomic mass is 19.2. The molecular formula is C10H10F2O2. The highest BCUT2D eigenvalue weighted by Gasteiger charge is 2.13. The van der Waals surface area contributed by atoms with Gasteiger partial charge in [0.1, 0.15) is 6.29 Å². The first kappa shape index (κ1) is 10.6. The van der Waals surface area contributed by atoms with E-state index in [4.69, 9.17) is 4.74 Å². The van der Waals surface area contributed by atoms with Crippen molar-refractivity contribution in [2.75, 3.05) is 6.61 Å². The van der Waals surface area contributed by atoms with Crippen LogP contribution in [-0.2, 0) is 11.2 Å². The van der Waals surface area contributed by atoms with E-state index in [-0.39, 0.29) is 18.8 Å². The fraction of sp³-hybridized carbons (Fsp3) is 0.300. The molecule has 0 aliphatic heterocycles. The molecule has 0 radical (unpaired) electrons. The number of hydrogen-bond donors (Lipinski definition) is 0. The van der Waals surface area contributed by atoms with Crippen LogP contribution in [0.4, 0.5) is 8.78 Å². The van der Waals surface area contributed by atoms with Gasteiger partial charge < -0.3 is 9.53 Å². The molecular weight excluding hydrogens is 190 g/mol. The number of aldehydes is 1. The first-order chi connectivity index (χ1) is 6.70. The SMILES string of the molecule is CCOc1c(CC=O)ccc(F)c1F. The molecule has 0 aliphatic carbocycles. The van der Waals surface area contributed by atoms with Crippen LogP contribution < -0.4 is 4.74 Å². The van der Waals surface area contributed by atoms with Gasteiger partial charge in [-0.2, -0.15) is 4.39 Å². The number of carbonyl (C=O) groups excluding carboxylic acids is 1. The zero-order chi connectivity index (χ0) is 10.6. The zero-order valence-electron chi connectivity index (χ0n) is 7.72. The molecule has 0 saturated carbocycles. The second-order valence-electron chi connectivity index (χ2n) is 2.65. The van der Waals surface area contributed by atoms with Crippen molar-refractivity contribution in [3.8, 4) is 5.75 Å². The van der Waals surface area contributed by atoms with Gasteiger partial charge in [0.25, 0.3) is 0 Å². The van der Waals surface area contributed by atoms with Gasteiger partial charge in [0.05, 0.1) is 6.61 Å². The van der Waals surface area contributed by atoms with Gasteiger partial charge in [0.2, 0.25) is 5.82 Å². The Bertz CT molecular complexity index is 337. The lowest BCUT2D eigenvalue weighted by atomic mass is 10.1. The minimum Gasteiger partial charge on any atom is -0.490 e. The van der Waals surface area contributed by atoms with Gasteiger partial charge in [0, 0.05) is 12.0 Å². The maximum atomic E-state index is 13.2. The van der Waals surface area contributed by atoms with Gasteiger partial charge >= 0.3 is 0 Å². The van der Waals surface area contributed by atoms with Gasteiger partial charge in [-0.3, -0.25) is 0 Å². The summed E-state index contributed by atoms with van der Waals surface area (Å²) in [4.78, 5) is 10.3. The molecule has 0 heterocycles. The van der Waals surface area contributed by atoms with E-state index in [1.807, 2.05) is 0 Å². The van der Waals surface area contributed by atoms with E-state index in [0.29, 0.717) is 11.8 Å². The van der Waals surface area contributed by atoms with Crippen molar-refractivity contribution in [3.05, 3.63) is 29.3 Å². The summed E-state index contributed by atoms with van der Waals surface area (Å²) < 4.78 is 30.9. The number of rotatable bonds is 4. The van der Waals surface area contributed by atoms with E-state index >= 15 is 0 Å². The highest BCUT2D eigenvalue weighted by molar-refractivity contribution is 5.57. The van der Waals surface area contributed by atoms with Crippen molar-refractivity contribution in [3.63, 3.8) is 0 Å². The first-order valence-corrected chi connectivity index (χ1v) is 4.24. The molecule has 14 heavy (non-hydrogen) atoms. The van der Waals surface area contributed by atoms with Crippen LogP contribution in [0.1, 0.15) is 12.5 Å². The van der Waals surface area contributed by atoms with E-state index in [9.17, 15) is 13.6 Å². The second kappa shape index (κ2) is 4.69. The van der Waals surface area contributed by atoms with Gasteiger partial charge in [-0.05, 0) is 13.0 Å². The lowest BCUT2D eigenvalue weighted by molar-refractivity contribution is -0.107. The van der Waals surface area contributed by atoms with Crippen molar-refractivity contribution in [2.45, 2.75) is 13.3 Å². The standard InChI is InChI=1S/C10H10F2O2/c1-2-14-10-7(5-6-13)3-4-8(11)9(10)12/h3-4,6H,2,5H2,1H3. The van der Waals surface area contributed by atoms with Crippen LogP contribution in [0.5, 0.6) is 5.75 Å². The Balaban J connectivity index is 3.14. The van der Waals surface area contributed by atoms with Gasteiger partial charge in [0.15, 0.2) is 11.6 Å². The predicted molar refractivity (Wildman–Crippen MR) is 47.3 cm³/mol. The Kier molecular flexibility index (Phi) is 3.56. The molecule has 0 aliphatic rings. The lowest BCUT2D eigenvalue weighted by Crippen LogP contribution is -2.02. The van der Waals surface area contributed by atoms with Crippen LogP contribution in [0.25, 0.3) is 0 Å². The number of ether oxygens (including phenoxy) is 1. The minimum absolute atomic E-state index is 0.0204. The summed E-state index contributed by atoms with van der Waals surface area (Å²) in [6.07, 6.45) is 0.641. The maximum Gasteiger partial charge on any atom is 0.200 e. The molecule has 0 fully saturated rings. The van der Waals surface area contributed by atoms with Crippen molar-refractivity contribution in [1.29, 1.82) is 0 Å². The molecule has 0 bridgehead atoms. The fourth-order valence-electron chi connectivity index (χ4n) is 1.12. The molecule has 1 rings (SSSR count). The van der Waals surface area contributed by atoms with Gasteiger partial charge in [-0.15, -0.1) is 0 Å². The molecule has 1 aromatic rings. The molecule has 4 heteroatoms. The highest BCUT2D eigenvalue weighted by Crippen LogP contribution is 2.25. The van der Waals surface area contributed by atoms with Crippen LogP contribution in [-0.4, -0.2) is 12.9 Å². The van der Waals surface area contributed by atoms with E-state index < -0.39 is 11.6 Å². The smallest absolute Gasteiger partial charge is 0.200 e. The average Bonchev–Trinajstić information content (AvgIpc) is 2.18. The molecule has 0 spiro atoms. The van der Waals surface area contributed by atoms with Crippen molar-refractivity contribution in [1.82, 2.24) is 0 Å². The van der Waals surface area contributed by atoms with E-state index in [2.05, 4.69) is 0 Å². The third kappa shape index (κ3) is 2.07. The maximum absolute atomic E-state index is 13.2. The summed E-state index contributed by atoms with van der Waals surface area (Å²) in [5.74, 6) is -2.17. The molecule has 0 saturated heterocycles. The molecule has 0 amide bonds. The van der Waals surface area contributed by atoms with Gasteiger partial charge in [-0.1, -0.05) is 6.07 Å². The zero-order valence-corrected chi connectivity index (χ0v) is 7.72. The van der Waals surface area contributed by atoms with Crippen LogP contribution in [0.2, 0.25) is 0 Å². The van der Waals surface area contributed by atoms with E-state index in [1.165, 1.54) is 6.07 Å². The van der Waals surface area contributed by atoms with Crippen LogP contribution >= 0.6 is 0 Å². The minimum atomic E-state index is -1.04. The fourth-order valence-corrected chi connectivity index (χ4v) is 1.12. The summed E-state index contributed by atoms with van der Waals surface area (Å²) in [6, 6.07) is 2.33. The average molecular weight is 200 g/mol. The normalized spacial score (nSPS) is 9.93. The molecule has 1 aromatic carbocycles. The molecule has 0 aromatic heterocycles. The Hall–Kier alpha value is -1.45. The molecule has 2 nitrogen and oxygen atoms in total. The summed E-state index contributed by atoms with van der Waals surface area (Å²) in [6.45, 7) is 1.89. The Morgan fingerprint density at radius 3 is 2.71 bits per heavy atom. The molecule has 0 N–H and O–H groups in total. The quantitative estimate of drug-likeness (QED) is 0.696. The number of halogens is 2. The molecule has 0 atom stereocenters. The third-order valence-electron chi connectivity index (χ3n) is 1.72. The number of hydrogen-bond acceptors (Lipinski definition) is 2. The molecule has 76 valence electrons. The van der Waals surface area contributed by atoms with Crippen LogP contribution in [0.3, 0.4) is 0 Å². The monoisotopic (exact) mass is 200 g/mol. The topological polar surface area (TPSA) is 26.3 Å². The summed E-state index contributed by atoms with van der Waals surface area (Å²) >= 11 is 0. The molecule has 0 unspecified atom stereocenters. The number of carbonyl (C=O) groups is 1. The summed E-state index contributed by atoms with van der Waals surface area (Å²) in [7, 11) is 0. The van der Waals surface area contributed by atoms with Crippen LogP contribution in [0, 0.1) is 11.6 Å². The van der Waals surface area contributed by atoms with Crippen LogP contribution in [0.15, 0.2) is 12.1 Å². The Labute approximate surface area is 80.5 Å². The lowest BCUT2D eigenvalue weighted by Gasteiger charge is -2.09.